The number of aliphatic hydroxyl groups is 1. The summed E-state index contributed by atoms with van der Waals surface area (Å²) in [5.41, 5.74) is 0.856. The highest BCUT2D eigenvalue weighted by molar-refractivity contribution is 5.28. The van der Waals surface area contributed by atoms with Gasteiger partial charge in [-0.05, 0) is 38.0 Å². The monoisotopic (exact) mass is 238 g/mol. The van der Waals surface area contributed by atoms with Gasteiger partial charge in [0, 0.05) is 0 Å². The van der Waals surface area contributed by atoms with Crippen LogP contribution in [0.1, 0.15) is 38.9 Å². The molecule has 1 aromatic rings. The maximum atomic E-state index is 9.87. The van der Waals surface area contributed by atoms with Crippen LogP contribution < -0.4 is 4.74 Å². The van der Waals surface area contributed by atoms with E-state index in [0.29, 0.717) is 6.61 Å². The van der Waals surface area contributed by atoms with E-state index < -0.39 is 6.10 Å². The lowest BCUT2D eigenvalue weighted by atomic mass is 10.1. The van der Waals surface area contributed by atoms with Crippen molar-refractivity contribution in [2.24, 2.45) is 0 Å². The molecule has 0 radical (unpaired) electrons. The van der Waals surface area contributed by atoms with Crippen LogP contribution >= 0.6 is 0 Å². The van der Waals surface area contributed by atoms with E-state index in [1.54, 1.807) is 0 Å². The third-order valence-corrected chi connectivity index (χ3v) is 2.33. The first-order valence-electron chi connectivity index (χ1n) is 6.16. The molecule has 17 heavy (non-hydrogen) atoms. The van der Waals surface area contributed by atoms with E-state index >= 15 is 0 Å². The average Bonchev–Trinajstić information content (AvgIpc) is 2.34. The van der Waals surface area contributed by atoms with E-state index in [1.165, 1.54) is 0 Å². The summed E-state index contributed by atoms with van der Waals surface area (Å²) in [6, 6.07) is 7.51. The molecule has 0 spiro atoms. The van der Waals surface area contributed by atoms with Crippen LogP contribution in [0.25, 0.3) is 0 Å². The minimum absolute atomic E-state index is 0.136. The summed E-state index contributed by atoms with van der Waals surface area (Å²) in [5.74, 6) is 0.840. The van der Waals surface area contributed by atoms with E-state index in [0.717, 1.165) is 24.3 Å². The van der Waals surface area contributed by atoms with Crippen molar-refractivity contribution in [3.63, 3.8) is 0 Å². The first kappa shape index (κ1) is 14.0. The van der Waals surface area contributed by atoms with Crippen LogP contribution in [-0.4, -0.2) is 24.4 Å². The molecule has 0 saturated heterocycles. The third-order valence-electron chi connectivity index (χ3n) is 2.33. The van der Waals surface area contributed by atoms with Crippen LogP contribution in [-0.2, 0) is 4.74 Å². The molecule has 1 atom stereocenters. The van der Waals surface area contributed by atoms with Gasteiger partial charge in [0.2, 0.25) is 0 Å². The summed E-state index contributed by atoms with van der Waals surface area (Å²) in [6.07, 6.45) is 0.557. The number of ether oxygens (including phenoxy) is 2. The van der Waals surface area contributed by atoms with Crippen molar-refractivity contribution >= 4 is 0 Å². The standard InChI is InChI=1S/C14H22O3/c1-4-9-16-13-7-5-12(6-8-13)14(15)10-17-11(2)3/h5-8,11,14-15H,4,9-10H2,1-3H3. The van der Waals surface area contributed by atoms with Gasteiger partial charge in [0.1, 0.15) is 11.9 Å². The lowest BCUT2D eigenvalue weighted by molar-refractivity contribution is 0.00491. The zero-order valence-electron chi connectivity index (χ0n) is 10.8. The van der Waals surface area contributed by atoms with E-state index in [2.05, 4.69) is 6.92 Å². The van der Waals surface area contributed by atoms with E-state index in [4.69, 9.17) is 9.47 Å². The highest BCUT2D eigenvalue weighted by Gasteiger charge is 2.08. The van der Waals surface area contributed by atoms with Gasteiger partial charge >= 0.3 is 0 Å². The molecule has 1 aromatic carbocycles. The molecule has 0 aromatic heterocycles. The number of aliphatic hydroxyl groups excluding tert-OH is 1. The molecular formula is C14H22O3. The number of rotatable bonds is 7. The molecule has 96 valence electrons. The van der Waals surface area contributed by atoms with Gasteiger partial charge in [-0.1, -0.05) is 19.1 Å². The Hall–Kier alpha value is -1.06. The summed E-state index contributed by atoms with van der Waals surface area (Å²) in [5, 5.41) is 9.87. The van der Waals surface area contributed by atoms with E-state index in [9.17, 15) is 5.11 Å². The van der Waals surface area contributed by atoms with Gasteiger partial charge in [0.05, 0.1) is 19.3 Å². The second kappa shape index (κ2) is 7.30. The first-order valence-corrected chi connectivity index (χ1v) is 6.16. The van der Waals surface area contributed by atoms with Crippen molar-refractivity contribution in [3.8, 4) is 5.75 Å². The fourth-order valence-electron chi connectivity index (χ4n) is 1.39. The van der Waals surface area contributed by atoms with Crippen LogP contribution in [0.4, 0.5) is 0 Å². The Balaban J connectivity index is 2.48. The second-order valence-corrected chi connectivity index (χ2v) is 4.32. The number of hydrogen-bond acceptors (Lipinski definition) is 3. The molecule has 0 saturated carbocycles. The highest BCUT2D eigenvalue weighted by atomic mass is 16.5. The number of benzene rings is 1. The Labute approximate surface area is 103 Å². The predicted molar refractivity (Wildman–Crippen MR) is 68.3 cm³/mol. The molecule has 1 N–H and O–H groups in total. The van der Waals surface area contributed by atoms with Gasteiger partial charge in [0.15, 0.2) is 0 Å². The molecule has 1 unspecified atom stereocenters. The largest absolute Gasteiger partial charge is 0.494 e. The molecule has 0 bridgehead atoms. The maximum absolute atomic E-state index is 9.87. The van der Waals surface area contributed by atoms with Crippen LogP contribution in [0.3, 0.4) is 0 Å². The summed E-state index contributed by atoms with van der Waals surface area (Å²) in [7, 11) is 0. The van der Waals surface area contributed by atoms with Gasteiger partial charge in [-0.2, -0.15) is 0 Å². The Morgan fingerprint density at radius 3 is 2.35 bits per heavy atom. The fourth-order valence-corrected chi connectivity index (χ4v) is 1.39. The normalized spacial score (nSPS) is 12.8. The number of hydrogen-bond donors (Lipinski definition) is 1. The van der Waals surface area contributed by atoms with Crippen molar-refractivity contribution in [1.82, 2.24) is 0 Å². The van der Waals surface area contributed by atoms with Crippen LogP contribution in [0, 0.1) is 0 Å². The fraction of sp³-hybridized carbons (Fsp3) is 0.571. The van der Waals surface area contributed by atoms with Crippen molar-refractivity contribution in [1.29, 1.82) is 0 Å². The van der Waals surface area contributed by atoms with Gasteiger partial charge in [0.25, 0.3) is 0 Å². The van der Waals surface area contributed by atoms with Crippen LogP contribution in [0.5, 0.6) is 5.75 Å². The Bertz CT molecular complexity index is 306. The van der Waals surface area contributed by atoms with Gasteiger partial charge in [-0.3, -0.25) is 0 Å². The topological polar surface area (TPSA) is 38.7 Å². The zero-order chi connectivity index (χ0) is 12.7. The predicted octanol–water partition coefficient (Wildman–Crippen LogP) is 2.93. The van der Waals surface area contributed by atoms with E-state index in [-0.39, 0.29) is 6.10 Å². The van der Waals surface area contributed by atoms with Crippen LogP contribution in [0.2, 0.25) is 0 Å². The molecule has 0 heterocycles. The SMILES string of the molecule is CCCOc1ccc(C(O)COC(C)C)cc1. The highest BCUT2D eigenvalue weighted by Crippen LogP contribution is 2.18. The van der Waals surface area contributed by atoms with Gasteiger partial charge in [-0.15, -0.1) is 0 Å². The Morgan fingerprint density at radius 2 is 1.82 bits per heavy atom. The van der Waals surface area contributed by atoms with Crippen molar-refractivity contribution in [2.75, 3.05) is 13.2 Å². The Morgan fingerprint density at radius 1 is 1.18 bits per heavy atom. The van der Waals surface area contributed by atoms with E-state index in [1.807, 2.05) is 38.1 Å². The molecule has 0 amide bonds. The Kier molecular flexibility index (Phi) is 6.01. The molecule has 0 aliphatic rings. The molecule has 1 rings (SSSR count). The summed E-state index contributed by atoms with van der Waals surface area (Å²) in [4.78, 5) is 0. The molecule has 0 aliphatic heterocycles. The molecular weight excluding hydrogens is 216 g/mol. The van der Waals surface area contributed by atoms with Crippen LogP contribution in [0.15, 0.2) is 24.3 Å². The second-order valence-electron chi connectivity index (χ2n) is 4.32. The minimum atomic E-state index is -0.572. The van der Waals surface area contributed by atoms with Crippen molar-refractivity contribution in [2.45, 2.75) is 39.4 Å². The van der Waals surface area contributed by atoms with Crippen molar-refractivity contribution < 1.29 is 14.6 Å². The molecule has 3 nitrogen and oxygen atoms in total. The maximum Gasteiger partial charge on any atom is 0.119 e. The van der Waals surface area contributed by atoms with Gasteiger partial charge in [-0.25, -0.2) is 0 Å². The lowest BCUT2D eigenvalue weighted by Crippen LogP contribution is -2.11. The molecule has 0 fully saturated rings. The average molecular weight is 238 g/mol. The summed E-state index contributed by atoms with van der Waals surface area (Å²) in [6.45, 7) is 7.02. The van der Waals surface area contributed by atoms with Crippen molar-refractivity contribution in [3.05, 3.63) is 29.8 Å². The molecule has 3 heteroatoms. The molecule has 0 aliphatic carbocycles. The quantitative estimate of drug-likeness (QED) is 0.793. The summed E-state index contributed by atoms with van der Waals surface area (Å²) >= 11 is 0. The minimum Gasteiger partial charge on any atom is -0.494 e. The first-order chi connectivity index (χ1) is 8.13. The smallest absolute Gasteiger partial charge is 0.119 e. The van der Waals surface area contributed by atoms with Gasteiger partial charge < -0.3 is 14.6 Å². The zero-order valence-corrected chi connectivity index (χ0v) is 10.8. The summed E-state index contributed by atoms with van der Waals surface area (Å²) < 4.78 is 10.8. The lowest BCUT2D eigenvalue weighted by Gasteiger charge is -2.14. The third kappa shape index (κ3) is 5.20.